The minimum absolute atomic E-state index is 0.190. The molecule has 1 aliphatic rings. The number of imidazole rings is 1. The van der Waals surface area contributed by atoms with E-state index >= 15 is 0 Å². The van der Waals surface area contributed by atoms with E-state index in [0.29, 0.717) is 29.9 Å². The fourth-order valence-corrected chi connectivity index (χ4v) is 3.53. The predicted octanol–water partition coefficient (Wildman–Crippen LogP) is 3.52. The average Bonchev–Trinajstić information content (AvgIpc) is 2.95. The van der Waals surface area contributed by atoms with Gasteiger partial charge in [-0.15, -0.1) is 0 Å². The van der Waals surface area contributed by atoms with Gasteiger partial charge in [0.25, 0.3) is 5.91 Å². The Morgan fingerprint density at radius 2 is 2.07 bits per heavy atom. The topological polar surface area (TPSA) is 67.7 Å². The normalized spacial score (nSPS) is 15.8. The highest BCUT2D eigenvalue weighted by atomic mass is 19.1. The zero-order chi connectivity index (χ0) is 20.0. The van der Waals surface area contributed by atoms with Crippen LogP contribution in [0.3, 0.4) is 0 Å². The van der Waals surface area contributed by atoms with Gasteiger partial charge in [-0.25, -0.2) is 13.8 Å². The van der Waals surface area contributed by atoms with Gasteiger partial charge in [0.05, 0.1) is 35.2 Å². The van der Waals surface area contributed by atoms with Crippen LogP contribution in [0, 0.1) is 25.5 Å². The maximum Gasteiger partial charge on any atom is 0.252 e. The highest BCUT2D eigenvalue weighted by molar-refractivity contribution is 5.95. The third-order valence-corrected chi connectivity index (χ3v) is 5.08. The molecular formula is C20H20F2N4O2. The Hall–Kier alpha value is -3.16. The van der Waals surface area contributed by atoms with Gasteiger partial charge in [-0.05, 0) is 19.9 Å². The Morgan fingerprint density at radius 1 is 1.29 bits per heavy atom. The SMILES string of the molecule is CNC(=O)c1cc(NC2CCOc3cc(F)cc(F)c32)c2nc(C)c(C)n2c1. The van der Waals surface area contributed by atoms with Crippen LogP contribution in [0.2, 0.25) is 0 Å². The van der Waals surface area contributed by atoms with Gasteiger partial charge in [0.15, 0.2) is 5.65 Å². The van der Waals surface area contributed by atoms with Crippen LogP contribution in [0.4, 0.5) is 14.5 Å². The van der Waals surface area contributed by atoms with Crippen LogP contribution in [0.25, 0.3) is 5.65 Å². The van der Waals surface area contributed by atoms with E-state index in [9.17, 15) is 13.6 Å². The molecule has 0 aliphatic carbocycles. The van der Waals surface area contributed by atoms with Gasteiger partial charge in [0, 0.05) is 37.5 Å². The van der Waals surface area contributed by atoms with Gasteiger partial charge in [-0.2, -0.15) is 0 Å². The highest BCUT2D eigenvalue weighted by Crippen LogP contribution is 2.38. The zero-order valence-electron chi connectivity index (χ0n) is 15.8. The van der Waals surface area contributed by atoms with Crippen molar-refractivity contribution in [2.45, 2.75) is 26.3 Å². The number of aromatic nitrogens is 2. The fraction of sp³-hybridized carbons (Fsp3) is 0.300. The molecule has 0 saturated carbocycles. The first kappa shape index (κ1) is 18.2. The molecule has 4 rings (SSSR count). The molecule has 1 atom stereocenters. The first-order valence-corrected chi connectivity index (χ1v) is 8.98. The summed E-state index contributed by atoms with van der Waals surface area (Å²) in [6.07, 6.45) is 2.22. The van der Waals surface area contributed by atoms with Crippen molar-refractivity contribution < 1.29 is 18.3 Å². The van der Waals surface area contributed by atoms with Crippen molar-refractivity contribution in [1.82, 2.24) is 14.7 Å². The third kappa shape index (κ3) is 2.94. The summed E-state index contributed by atoms with van der Waals surface area (Å²) in [7, 11) is 1.56. The lowest BCUT2D eigenvalue weighted by atomic mass is 9.99. The number of anilines is 1. The van der Waals surface area contributed by atoms with Crippen LogP contribution in [0.1, 0.15) is 39.8 Å². The van der Waals surface area contributed by atoms with Gasteiger partial charge in [-0.3, -0.25) is 4.79 Å². The Kier molecular flexibility index (Phi) is 4.41. The van der Waals surface area contributed by atoms with Gasteiger partial charge >= 0.3 is 0 Å². The highest BCUT2D eigenvalue weighted by Gasteiger charge is 2.27. The van der Waals surface area contributed by atoms with Crippen molar-refractivity contribution in [3.8, 4) is 5.75 Å². The molecule has 0 saturated heterocycles. The molecule has 1 unspecified atom stereocenters. The second-order valence-electron chi connectivity index (χ2n) is 6.83. The molecule has 0 bridgehead atoms. The van der Waals surface area contributed by atoms with Gasteiger partial charge in [0.2, 0.25) is 0 Å². The number of carbonyl (C=O) groups excluding carboxylic acids is 1. The molecule has 3 heterocycles. The van der Waals surface area contributed by atoms with Crippen molar-refractivity contribution >= 4 is 17.2 Å². The molecule has 146 valence electrons. The summed E-state index contributed by atoms with van der Waals surface area (Å²) in [5.41, 5.74) is 3.69. The summed E-state index contributed by atoms with van der Waals surface area (Å²) in [5, 5.41) is 5.91. The number of hydrogen-bond donors (Lipinski definition) is 2. The van der Waals surface area contributed by atoms with Crippen LogP contribution in [-0.2, 0) is 0 Å². The predicted molar refractivity (Wildman–Crippen MR) is 101 cm³/mol. The minimum atomic E-state index is -0.680. The number of rotatable bonds is 3. The fourth-order valence-electron chi connectivity index (χ4n) is 3.53. The Labute approximate surface area is 160 Å². The summed E-state index contributed by atoms with van der Waals surface area (Å²) < 4.78 is 35.3. The van der Waals surface area contributed by atoms with Gasteiger partial charge in [-0.1, -0.05) is 0 Å². The molecule has 6 nitrogen and oxygen atoms in total. The molecule has 0 spiro atoms. The van der Waals surface area contributed by atoms with E-state index in [-0.39, 0.29) is 17.2 Å². The van der Waals surface area contributed by atoms with E-state index in [1.54, 1.807) is 19.3 Å². The number of fused-ring (bicyclic) bond motifs is 2. The Bertz CT molecular complexity index is 1090. The number of nitrogens with one attached hydrogen (secondary N) is 2. The number of hydrogen-bond acceptors (Lipinski definition) is 4. The van der Waals surface area contributed by atoms with Crippen molar-refractivity contribution in [1.29, 1.82) is 0 Å². The molecule has 8 heteroatoms. The molecule has 2 N–H and O–H groups in total. The van der Waals surface area contributed by atoms with E-state index in [4.69, 9.17) is 4.74 Å². The van der Waals surface area contributed by atoms with E-state index < -0.39 is 17.7 Å². The Balaban J connectivity index is 1.83. The number of halogens is 2. The summed E-state index contributed by atoms with van der Waals surface area (Å²) in [6.45, 7) is 4.13. The van der Waals surface area contributed by atoms with Crippen LogP contribution in [0.15, 0.2) is 24.4 Å². The van der Waals surface area contributed by atoms with E-state index in [0.717, 1.165) is 17.5 Å². The quantitative estimate of drug-likeness (QED) is 0.723. The van der Waals surface area contributed by atoms with E-state index in [1.807, 2.05) is 18.2 Å². The summed E-state index contributed by atoms with van der Waals surface area (Å²) in [6, 6.07) is 3.29. The molecule has 28 heavy (non-hydrogen) atoms. The first-order valence-electron chi connectivity index (χ1n) is 8.98. The van der Waals surface area contributed by atoms with Crippen LogP contribution in [0.5, 0.6) is 5.75 Å². The lowest BCUT2D eigenvalue weighted by molar-refractivity contribution is 0.0962. The number of benzene rings is 1. The molecule has 1 amide bonds. The van der Waals surface area contributed by atoms with Gasteiger partial charge in [0.1, 0.15) is 17.4 Å². The lowest BCUT2D eigenvalue weighted by Gasteiger charge is -2.28. The summed E-state index contributed by atoms with van der Waals surface area (Å²) in [5.74, 6) is -1.39. The van der Waals surface area contributed by atoms with E-state index in [1.165, 1.54) is 6.07 Å². The standard InChI is InChI=1S/C20H20F2N4O2/c1-10-11(2)26-9-12(20(27)23-3)6-16(19(26)24-10)25-15-4-5-28-17-8-13(21)7-14(22)18(15)17/h6-9,15,25H,4-5H2,1-3H3,(H,23,27). The van der Waals surface area contributed by atoms with Crippen LogP contribution in [-0.4, -0.2) is 28.9 Å². The molecule has 3 aromatic rings. The summed E-state index contributed by atoms with van der Waals surface area (Å²) in [4.78, 5) is 16.8. The Morgan fingerprint density at radius 3 is 2.82 bits per heavy atom. The van der Waals surface area contributed by atoms with Crippen molar-refractivity contribution in [2.24, 2.45) is 0 Å². The van der Waals surface area contributed by atoms with Crippen molar-refractivity contribution in [2.75, 3.05) is 19.0 Å². The molecule has 1 aliphatic heterocycles. The molecule has 1 aromatic carbocycles. The van der Waals surface area contributed by atoms with Gasteiger partial charge < -0.3 is 19.8 Å². The molecular weight excluding hydrogens is 366 g/mol. The number of pyridine rings is 1. The molecule has 0 fully saturated rings. The van der Waals surface area contributed by atoms with Crippen molar-refractivity contribution in [3.05, 3.63) is 58.5 Å². The number of nitrogens with zero attached hydrogens (tertiary/aromatic N) is 2. The zero-order valence-corrected chi connectivity index (χ0v) is 15.8. The van der Waals surface area contributed by atoms with Crippen LogP contribution >= 0.6 is 0 Å². The number of ether oxygens (including phenoxy) is 1. The first-order chi connectivity index (χ1) is 13.4. The average molecular weight is 386 g/mol. The van der Waals surface area contributed by atoms with E-state index in [2.05, 4.69) is 15.6 Å². The maximum absolute atomic E-state index is 14.5. The maximum atomic E-state index is 14.5. The minimum Gasteiger partial charge on any atom is -0.493 e. The molecule has 2 aromatic heterocycles. The second-order valence-corrected chi connectivity index (χ2v) is 6.83. The number of carbonyl (C=O) groups is 1. The molecule has 0 radical (unpaired) electrons. The summed E-state index contributed by atoms with van der Waals surface area (Å²) >= 11 is 0. The second kappa shape index (κ2) is 6.78. The number of aryl methyl sites for hydroxylation is 2. The lowest BCUT2D eigenvalue weighted by Crippen LogP contribution is -2.23. The largest absolute Gasteiger partial charge is 0.493 e. The number of amides is 1. The van der Waals surface area contributed by atoms with Crippen LogP contribution < -0.4 is 15.4 Å². The smallest absolute Gasteiger partial charge is 0.252 e. The monoisotopic (exact) mass is 386 g/mol. The third-order valence-electron chi connectivity index (χ3n) is 5.08. The van der Waals surface area contributed by atoms with Crippen molar-refractivity contribution in [3.63, 3.8) is 0 Å².